The Morgan fingerprint density at radius 3 is 2.88 bits per heavy atom. The van der Waals surface area contributed by atoms with Crippen molar-refractivity contribution in [3.63, 3.8) is 0 Å². The lowest BCUT2D eigenvalue weighted by atomic mass is 10.1. The zero-order valence-corrected chi connectivity index (χ0v) is 10.1. The fraction of sp³-hybridized carbons (Fsp3) is 0.417. The Hall–Kier alpha value is -1.22. The standard InChI is InChI=1S/C12H14ClNO2/c1-8(13)12(15)14-6-9-4-3-5-11(16-2)10(9)7-14/h3-5,8H,6-7H2,1-2H3. The number of benzene rings is 1. The summed E-state index contributed by atoms with van der Waals surface area (Å²) >= 11 is 5.80. The van der Waals surface area contributed by atoms with Crippen LogP contribution in [0.1, 0.15) is 18.1 Å². The van der Waals surface area contributed by atoms with Crippen LogP contribution >= 0.6 is 11.6 Å². The maximum Gasteiger partial charge on any atom is 0.240 e. The predicted octanol–water partition coefficient (Wildman–Crippen LogP) is 2.16. The van der Waals surface area contributed by atoms with Crippen LogP contribution in [0.3, 0.4) is 0 Å². The van der Waals surface area contributed by atoms with Crippen molar-refractivity contribution >= 4 is 17.5 Å². The third kappa shape index (κ3) is 1.87. The van der Waals surface area contributed by atoms with E-state index in [4.69, 9.17) is 16.3 Å². The van der Waals surface area contributed by atoms with Gasteiger partial charge in [0.25, 0.3) is 0 Å². The summed E-state index contributed by atoms with van der Waals surface area (Å²) in [6.45, 7) is 2.92. The molecule has 0 saturated heterocycles. The van der Waals surface area contributed by atoms with Crippen LogP contribution < -0.4 is 4.74 Å². The molecule has 16 heavy (non-hydrogen) atoms. The molecule has 4 heteroatoms. The fourth-order valence-corrected chi connectivity index (χ4v) is 2.13. The normalized spacial score (nSPS) is 15.8. The van der Waals surface area contributed by atoms with E-state index in [2.05, 4.69) is 0 Å². The molecule has 1 aliphatic heterocycles. The molecule has 0 fully saturated rings. The van der Waals surface area contributed by atoms with Crippen molar-refractivity contribution in [3.8, 4) is 5.75 Å². The Morgan fingerprint density at radius 1 is 1.50 bits per heavy atom. The number of alkyl halides is 1. The molecule has 0 spiro atoms. The number of fused-ring (bicyclic) bond motifs is 1. The Morgan fingerprint density at radius 2 is 2.25 bits per heavy atom. The highest BCUT2D eigenvalue weighted by Gasteiger charge is 2.27. The van der Waals surface area contributed by atoms with Gasteiger partial charge in [0.1, 0.15) is 11.1 Å². The van der Waals surface area contributed by atoms with Crippen molar-refractivity contribution in [1.29, 1.82) is 0 Å². The molecule has 0 N–H and O–H groups in total. The maximum absolute atomic E-state index is 11.8. The van der Waals surface area contributed by atoms with E-state index in [-0.39, 0.29) is 5.91 Å². The first-order chi connectivity index (χ1) is 7.63. The molecular formula is C12H14ClNO2. The van der Waals surface area contributed by atoms with Crippen LogP contribution in [0, 0.1) is 0 Å². The molecule has 1 aliphatic rings. The summed E-state index contributed by atoms with van der Waals surface area (Å²) in [6, 6.07) is 5.87. The van der Waals surface area contributed by atoms with Crippen LogP contribution in [0.5, 0.6) is 5.75 Å². The van der Waals surface area contributed by atoms with Crippen molar-refractivity contribution in [1.82, 2.24) is 4.90 Å². The molecule has 3 nitrogen and oxygen atoms in total. The highest BCUT2D eigenvalue weighted by molar-refractivity contribution is 6.30. The summed E-state index contributed by atoms with van der Waals surface area (Å²) in [4.78, 5) is 13.5. The van der Waals surface area contributed by atoms with Crippen LogP contribution in [-0.2, 0) is 17.9 Å². The molecule has 1 atom stereocenters. The minimum Gasteiger partial charge on any atom is -0.496 e. The van der Waals surface area contributed by atoms with E-state index in [1.165, 1.54) is 0 Å². The van der Waals surface area contributed by atoms with Gasteiger partial charge in [-0.25, -0.2) is 0 Å². The number of amides is 1. The zero-order chi connectivity index (χ0) is 11.7. The van der Waals surface area contributed by atoms with Gasteiger partial charge in [0.05, 0.1) is 13.7 Å². The van der Waals surface area contributed by atoms with Crippen LogP contribution in [0.25, 0.3) is 0 Å². The quantitative estimate of drug-likeness (QED) is 0.741. The van der Waals surface area contributed by atoms with E-state index in [9.17, 15) is 4.79 Å². The molecule has 0 radical (unpaired) electrons. The van der Waals surface area contributed by atoms with Crippen LogP contribution in [-0.4, -0.2) is 23.3 Å². The maximum atomic E-state index is 11.8. The predicted molar refractivity (Wildman–Crippen MR) is 62.6 cm³/mol. The molecule has 1 unspecified atom stereocenters. The SMILES string of the molecule is COc1cccc2c1CN(C(=O)C(C)Cl)C2. The summed E-state index contributed by atoms with van der Waals surface area (Å²) in [6.07, 6.45) is 0. The van der Waals surface area contributed by atoms with Gasteiger partial charge in [0, 0.05) is 12.1 Å². The number of halogens is 1. The van der Waals surface area contributed by atoms with Gasteiger partial charge in [0.2, 0.25) is 5.91 Å². The van der Waals surface area contributed by atoms with E-state index >= 15 is 0 Å². The Balaban J connectivity index is 2.24. The Bertz CT molecular complexity index is 417. The van der Waals surface area contributed by atoms with Gasteiger partial charge in [-0.3, -0.25) is 4.79 Å². The van der Waals surface area contributed by atoms with Gasteiger partial charge >= 0.3 is 0 Å². The van der Waals surface area contributed by atoms with E-state index in [0.717, 1.165) is 16.9 Å². The van der Waals surface area contributed by atoms with Crippen LogP contribution in [0.2, 0.25) is 0 Å². The van der Waals surface area contributed by atoms with E-state index in [0.29, 0.717) is 13.1 Å². The average Bonchev–Trinajstić information content (AvgIpc) is 2.70. The summed E-state index contributed by atoms with van der Waals surface area (Å²) in [5.41, 5.74) is 2.24. The lowest BCUT2D eigenvalue weighted by Gasteiger charge is -2.16. The number of nitrogens with zero attached hydrogens (tertiary/aromatic N) is 1. The number of methoxy groups -OCH3 is 1. The number of carbonyl (C=O) groups is 1. The van der Waals surface area contributed by atoms with Crippen molar-refractivity contribution < 1.29 is 9.53 Å². The third-order valence-electron chi connectivity index (χ3n) is 2.81. The van der Waals surface area contributed by atoms with Gasteiger partial charge in [-0.15, -0.1) is 11.6 Å². The molecule has 0 saturated carbocycles. The topological polar surface area (TPSA) is 29.5 Å². The summed E-state index contributed by atoms with van der Waals surface area (Å²) in [5, 5.41) is -0.472. The summed E-state index contributed by atoms with van der Waals surface area (Å²) in [5.74, 6) is 0.815. The summed E-state index contributed by atoms with van der Waals surface area (Å²) < 4.78 is 5.27. The summed E-state index contributed by atoms with van der Waals surface area (Å²) in [7, 11) is 1.64. The number of carbonyl (C=O) groups excluding carboxylic acids is 1. The lowest BCUT2D eigenvalue weighted by molar-refractivity contribution is -0.131. The molecule has 1 aromatic carbocycles. The minimum atomic E-state index is -0.472. The molecular weight excluding hydrogens is 226 g/mol. The second-order valence-corrected chi connectivity index (χ2v) is 4.56. The monoisotopic (exact) mass is 239 g/mol. The Labute approximate surface area is 100.0 Å². The van der Waals surface area contributed by atoms with Crippen molar-refractivity contribution in [2.24, 2.45) is 0 Å². The third-order valence-corrected chi connectivity index (χ3v) is 3.00. The first kappa shape index (κ1) is 11.3. The minimum absolute atomic E-state index is 0.0279. The Kier molecular flexibility index (Phi) is 3.06. The number of rotatable bonds is 2. The van der Waals surface area contributed by atoms with E-state index in [1.54, 1.807) is 18.9 Å². The van der Waals surface area contributed by atoms with Gasteiger partial charge < -0.3 is 9.64 Å². The number of ether oxygens (including phenoxy) is 1. The first-order valence-corrected chi connectivity index (χ1v) is 5.64. The van der Waals surface area contributed by atoms with E-state index in [1.807, 2.05) is 18.2 Å². The molecule has 86 valence electrons. The van der Waals surface area contributed by atoms with Gasteiger partial charge in [0.15, 0.2) is 0 Å². The second kappa shape index (κ2) is 4.34. The largest absolute Gasteiger partial charge is 0.496 e. The number of hydrogen-bond donors (Lipinski definition) is 0. The average molecular weight is 240 g/mol. The first-order valence-electron chi connectivity index (χ1n) is 5.21. The molecule has 1 amide bonds. The molecule has 1 aromatic rings. The highest BCUT2D eigenvalue weighted by atomic mass is 35.5. The smallest absolute Gasteiger partial charge is 0.240 e. The van der Waals surface area contributed by atoms with Gasteiger partial charge in [-0.1, -0.05) is 12.1 Å². The number of hydrogen-bond acceptors (Lipinski definition) is 2. The molecule has 0 aromatic heterocycles. The lowest BCUT2D eigenvalue weighted by Crippen LogP contribution is -2.31. The molecule has 1 heterocycles. The van der Waals surface area contributed by atoms with Gasteiger partial charge in [-0.05, 0) is 18.6 Å². The van der Waals surface area contributed by atoms with Crippen molar-refractivity contribution in [2.75, 3.05) is 7.11 Å². The van der Waals surface area contributed by atoms with Crippen LogP contribution in [0.15, 0.2) is 18.2 Å². The van der Waals surface area contributed by atoms with Gasteiger partial charge in [-0.2, -0.15) is 0 Å². The molecule has 0 bridgehead atoms. The van der Waals surface area contributed by atoms with Crippen molar-refractivity contribution in [2.45, 2.75) is 25.4 Å². The molecule has 0 aliphatic carbocycles. The molecule has 2 rings (SSSR count). The fourth-order valence-electron chi connectivity index (χ4n) is 1.99. The zero-order valence-electron chi connectivity index (χ0n) is 9.37. The van der Waals surface area contributed by atoms with Crippen molar-refractivity contribution in [3.05, 3.63) is 29.3 Å². The highest BCUT2D eigenvalue weighted by Crippen LogP contribution is 2.31. The second-order valence-electron chi connectivity index (χ2n) is 3.91. The van der Waals surface area contributed by atoms with Crippen LogP contribution in [0.4, 0.5) is 0 Å². The van der Waals surface area contributed by atoms with E-state index < -0.39 is 5.38 Å².